The topological polar surface area (TPSA) is 100 Å². The molecule has 1 saturated heterocycles. The summed E-state index contributed by atoms with van der Waals surface area (Å²) in [5, 5.41) is 13.8. The van der Waals surface area contributed by atoms with Crippen LogP contribution >= 0.6 is 0 Å². The Kier molecular flexibility index (Phi) is 14.5. The quantitative estimate of drug-likeness (QED) is 0.233. The summed E-state index contributed by atoms with van der Waals surface area (Å²) in [4.78, 5) is 2.37. The normalized spacial score (nSPS) is 20.9. The van der Waals surface area contributed by atoms with Gasteiger partial charge < -0.3 is 48.5 Å². The molecule has 43 heavy (non-hydrogen) atoms. The van der Waals surface area contributed by atoms with E-state index in [9.17, 15) is 5.11 Å². The molecule has 0 bridgehead atoms. The number of methoxy groups -OCH3 is 3. The summed E-state index contributed by atoms with van der Waals surface area (Å²) in [6.07, 6.45) is 0.855. The largest absolute Gasteiger partial charge is 0.490 e. The third kappa shape index (κ3) is 10.4. The van der Waals surface area contributed by atoms with Crippen molar-refractivity contribution in [3.8, 4) is 5.75 Å². The highest BCUT2D eigenvalue weighted by Crippen LogP contribution is 2.34. The van der Waals surface area contributed by atoms with Crippen molar-refractivity contribution in [1.82, 2.24) is 5.32 Å². The second-order valence-electron chi connectivity index (χ2n) is 11.1. The van der Waals surface area contributed by atoms with Crippen LogP contribution in [0.25, 0.3) is 0 Å². The van der Waals surface area contributed by atoms with E-state index in [0.29, 0.717) is 46.1 Å². The van der Waals surface area contributed by atoms with Gasteiger partial charge in [0.25, 0.3) is 0 Å². The zero-order chi connectivity index (χ0) is 30.3. The van der Waals surface area contributed by atoms with Crippen LogP contribution in [-0.4, -0.2) is 111 Å². The van der Waals surface area contributed by atoms with Crippen LogP contribution in [0.4, 0.5) is 5.69 Å². The van der Waals surface area contributed by atoms with Crippen LogP contribution < -0.4 is 15.0 Å². The van der Waals surface area contributed by atoms with Crippen molar-refractivity contribution >= 4 is 5.69 Å². The van der Waals surface area contributed by atoms with E-state index < -0.39 is 6.10 Å². The molecule has 240 valence electrons. The summed E-state index contributed by atoms with van der Waals surface area (Å²) in [5.41, 5.74) is 4.46. The number of piperidine rings is 1. The van der Waals surface area contributed by atoms with Gasteiger partial charge in [-0.25, -0.2) is 0 Å². The van der Waals surface area contributed by atoms with Crippen LogP contribution in [0.5, 0.6) is 5.75 Å². The van der Waals surface area contributed by atoms with Crippen molar-refractivity contribution < 1.29 is 38.3 Å². The molecule has 0 radical (unpaired) electrons. The summed E-state index contributed by atoms with van der Waals surface area (Å²) in [7, 11) is 5.02. The monoisotopic (exact) mass is 602 g/mol. The van der Waals surface area contributed by atoms with Crippen molar-refractivity contribution in [1.29, 1.82) is 0 Å². The number of aliphatic hydroxyl groups excluding tert-OH is 1. The molecular weight excluding hydrogens is 552 g/mol. The van der Waals surface area contributed by atoms with Crippen LogP contribution in [0, 0.1) is 0 Å². The minimum atomic E-state index is -0.686. The maximum atomic E-state index is 10.3. The Morgan fingerprint density at radius 3 is 2.37 bits per heavy atom. The molecule has 2 aliphatic heterocycles. The van der Waals surface area contributed by atoms with Gasteiger partial charge in [-0.15, -0.1) is 0 Å². The summed E-state index contributed by atoms with van der Waals surface area (Å²) in [6.45, 7) is 7.38. The number of nitrogens with one attached hydrogen (secondary N) is 1. The molecule has 10 nitrogen and oxygen atoms in total. The number of ether oxygens (including phenoxy) is 7. The Hall–Kier alpha value is -2.28. The Balaban J connectivity index is 1.45. The maximum absolute atomic E-state index is 10.3. The van der Waals surface area contributed by atoms with Gasteiger partial charge in [-0.05, 0) is 41.7 Å². The lowest BCUT2D eigenvalue weighted by Crippen LogP contribution is -2.51. The van der Waals surface area contributed by atoms with Crippen LogP contribution in [-0.2, 0) is 41.6 Å². The molecule has 0 aliphatic carbocycles. The predicted octanol–water partition coefficient (Wildman–Crippen LogP) is 3.14. The molecule has 1 fully saturated rings. The molecular formula is C33H50N2O8. The lowest BCUT2D eigenvalue weighted by molar-refractivity contribution is -0.0856. The minimum Gasteiger partial charge on any atom is -0.490 e. The van der Waals surface area contributed by atoms with E-state index in [1.807, 2.05) is 6.07 Å². The molecule has 4 rings (SSSR count). The molecule has 1 unspecified atom stereocenters. The van der Waals surface area contributed by atoms with E-state index in [4.69, 9.17) is 33.2 Å². The van der Waals surface area contributed by atoms with Gasteiger partial charge in [0, 0.05) is 66.7 Å². The van der Waals surface area contributed by atoms with Crippen LogP contribution in [0.2, 0.25) is 0 Å². The van der Waals surface area contributed by atoms with E-state index in [1.165, 1.54) is 0 Å². The first-order valence-corrected chi connectivity index (χ1v) is 15.4. The first-order valence-electron chi connectivity index (χ1n) is 15.4. The molecule has 0 aromatic heterocycles. The van der Waals surface area contributed by atoms with Crippen molar-refractivity contribution in [2.75, 3.05) is 92.0 Å². The van der Waals surface area contributed by atoms with Gasteiger partial charge in [0.05, 0.1) is 50.9 Å². The Morgan fingerprint density at radius 2 is 1.60 bits per heavy atom. The van der Waals surface area contributed by atoms with Gasteiger partial charge in [-0.3, -0.25) is 0 Å². The first kappa shape index (κ1) is 33.6. The summed E-state index contributed by atoms with van der Waals surface area (Å²) < 4.78 is 40.1. The molecule has 0 amide bonds. The van der Waals surface area contributed by atoms with Crippen molar-refractivity contribution in [2.24, 2.45) is 0 Å². The lowest BCUT2D eigenvalue weighted by atomic mass is 9.85. The molecule has 2 aliphatic rings. The van der Waals surface area contributed by atoms with E-state index in [1.54, 1.807) is 21.3 Å². The third-order valence-electron chi connectivity index (χ3n) is 7.85. The number of aliphatic hydroxyl groups is 1. The average molecular weight is 603 g/mol. The van der Waals surface area contributed by atoms with Crippen LogP contribution in [0.1, 0.15) is 35.4 Å². The number of anilines is 1. The molecule has 4 atom stereocenters. The third-order valence-corrected chi connectivity index (χ3v) is 7.85. The highest BCUT2D eigenvalue weighted by molar-refractivity contribution is 5.61. The number of benzene rings is 2. The van der Waals surface area contributed by atoms with Gasteiger partial charge >= 0.3 is 0 Å². The molecule has 2 heterocycles. The summed E-state index contributed by atoms with van der Waals surface area (Å²) in [6, 6.07) is 14.8. The fourth-order valence-electron chi connectivity index (χ4n) is 5.67. The fraction of sp³-hybridized carbons (Fsp3) is 0.636. The lowest BCUT2D eigenvalue weighted by Gasteiger charge is -2.39. The maximum Gasteiger partial charge on any atom is 0.142 e. The van der Waals surface area contributed by atoms with E-state index in [-0.39, 0.29) is 31.3 Å². The average Bonchev–Trinajstić information content (AvgIpc) is 3.03. The van der Waals surface area contributed by atoms with Crippen LogP contribution in [0.15, 0.2) is 42.5 Å². The smallest absolute Gasteiger partial charge is 0.142 e. The number of fused-ring (bicyclic) bond motifs is 1. The molecule has 0 spiro atoms. The Morgan fingerprint density at radius 1 is 0.860 bits per heavy atom. The van der Waals surface area contributed by atoms with Gasteiger partial charge in [-0.2, -0.15) is 0 Å². The summed E-state index contributed by atoms with van der Waals surface area (Å²) >= 11 is 0. The molecule has 2 aromatic rings. The van der Waals surface area contributed by atoms with E-state index in [2.05, 4.69) is 46.6 Å². The van der Waals surface area contributed by atoms with Gasteiger partial charge in [0.15, 0.2) is 0 Å². The molecule has 10 heteroatoms. The van der Waals surface area contributed by atoms with Crippen molar-refractivity contribution in [2.45, 2.75) is 50.3 Å². The van der Waals surface area contributed by atoms with Crippen molar-refractivity contribution in [3.63, 3.8) is 0 Å². The van der Waals surface area contributed by atoms with Gasteiger partial charge in [0.2, 0.25) is 0 Å². The highest BCUT2D eigenvalue weighted by atomic mass is 16.5. The fourth-order valence-corrected chi connectivity index (χ4v) is 5.67. The zero-order valence-electron chi connectivity index (χ0n) is 26.0. The SMILES string of the molecule is COCCCOCc1ccc(C2[C@@H](OCc3ccc4c(c3)N(CCCOC)CCO4)CNC[C@H]2OC[C@@H](O)COC)cc1. The number of hydrogen-bond donors (Lipinski definition) is 2. The molecule has 0 saturated carbocycles. The standard InChI is InChI=1S/C33H50N2O8/c1-37-14-4-12-35-13-17-41-30-11-8-26(18-29(30)35)22-42-31-19-34-20-32(43-24-28(36)23-39-3)33(31)27-9-6-25(7-10-27)21-40-16-5-15-38-2/h6-11,18,28,31-34,36H,4-5,12-17,19-24H2,1-3H3/t28-,31-,32+,33?/m0/s1. The summed E-state index contributed by atoms with van der Waals surface area (Å²) in [5.74, 6) is 0.898. The number of hydrogen-bond acceptors (Lipinski definition) is 10. The van der Waals surface area contributed by atoms with Crippen molar-refractivity contribution in [3.05, 3.63) is 59.2 Å². The minimum absolute atomic E-state index is 0.0147. The Labute approximate surface area is 256 Å². The highest BCUT2D eigenvalue weighted by Gasteiger charge is 2.36. The molecule has 2 N–H and O–H groups in total. The Bertz CT molecular complexity index is 1060. The molecule has 2 aromatic carbocycles. The van der Waals surface area contributed by atoms with E-state index in [0.717, 1.165) is 60.7 Å². The van der Waals surface area contributed by atoms with Crippen LogP contribution in [0.3, 0.4) is 0 Å². The van der Waals surface area contributed by atoms with Gasteiger partial charge in [0.1, 0.15) is 18.5 Å². The predicted molar refractivity (Wildman–Crippen MR) is 165 cm³/mol. The second-order valence-corrected chi connectivity index (χ2v) is 11.1. The van der Waals surface area contributed by atoms with E-state index >= 15 is 0 Å². The zero-order valence-corrected chi connectivity index (χ0v) is 26.0. The first-order chi connectivity index (χ1) is 21.1. The number of nitrogens with zero attached hydrogens (tertiary/aromatic N) is 1. The number of rotatable bonds is 19. The van der Waals surface area contributed by atoms with Gasteiger partial charge in [-0.1, -0.05) is 30.3 Å². The second kappa shape index (κ2) is 18.5.